The van der Waals surface area contributed by atoms with Crippen molar-refractivity contribution in [1.29, 1.82) is 0 Å². The first-order valence-electron chi connectivity index (χ1n) is 12.8. The highest BCUT2D eigenvalue weighted by Gasteiger charge is 2.20. The zero-order valence-corrected chi connectivity index (χ0v) is 23.0. The van der Waals surface area contributed by atoms with E-state index in [9.17, 15) is 9.59 Å². The number of anilines is 2. The third-order valence-electron chi connectivity index (χ3n) is 6.42. The minimum Gasteiger partial charge on any atom is -0.440 e. The number of hydrogen-bond donors (Lipinski definition) is 1. The van der Waals surface area contributed by atoms with Crippen LogP contribution in [0.15, 0.2) is 83.8 Å². The van der Waals surface area contributed by atoms with E-state index in [0.29, 0.717) is 46.6 Å². The van der Waals surface area contributed by atoms with Gasteiger partial charge >= 0.3 is 0 Å². The molecule has 2 amide bonds. The highest BCUT2D eigenvalue weighted by atomic mass is 32.1. The zero-order chi connectivity index (χ0) is 28.3. The summed E-state index contributed by atoms with van der Waals surface area (Å²) in [6.07, 6.45) is 7.08. The van der Waals surface area contributed by atoms with Gasteiger partial charge in [-0.25, -0.2) is 19.9 Å². The lowest BCUT2D eigenvalue weighted by Crippen LogP contribution is -2.27. The summed E-state index contributed by atoms with van der Waals surface area (Å²) >= 11 is 1.31. The van der Waals surface area contributed by atoms with Gasteiger partial charge in [0.2, 0.25) is 11.8 Å². The largest absolute Gasteiger partial charge is 0.440 e. The molecule has 1 N–H and O–H groups in total. The first-order chi connectivity index (χ1) is 20.0. The van der Waals surface area contributed by atoms with Gasteiger partial charge < -0.3 is 13.9 Å². The van der Waals surface area contributed by atoms with Crippen LogP contribution in [0.3, 0.4) is 0 Å². The van der Waals surface area contributed by atoms with Crippen LogP contribution in [-0.2, 0) is 13.0 Å². The molecule has 1 aromatic carbocycles. The zero-order valence-electron chi connectivity index (χ0n) is 22.2. The summed E-state index contributed by atoms with van der Waals surface area (Å²) in [6, 6.07) is 16.5. The average Bonchev–Trinajstić information content (AvgIpc) is 3.74. The maximum atomic E-state index is 13.3. The Morgan fingerprint density at radius 3 is 2.59 bits per heavy atom. The van der Waals surface area contributed by atoms with E-state index in [1.807, 2.05) is 41.0 Å². The van der Waals surface area contributed by atoms with Gasteiger partial charge in [-0.1, -0.05) is 6.07 Å². The Labute approximate surface area is 238 Å². The molecule has 0 aliphatic rings. The molecule has 0 atom stereocenters. The maximum absolute atomic E-state index is 13.3. The Hall–Kier alpha value is -5.23. The molecule has 5 aromatic heterocycles. The number of carbonyl (C=O) groups is 2. The van der Waals surface area contributed by atoms with E-state index in [4.69, 9.17) is 9.40 Å². The summed E-state index contributed by atoms with van der Waals surface area (Å²) < 4.78 is 7.55. The highest BCUT2D eigenvalue weighted by Crippen LogP contribution is 2.30. The van der Waals surface area contributed by atoms with Crippen molar-refractivity contribution in [3.63, 3.8) is 0 Å². The molecule has 41 heavy (non-hydrogen) atoms. The lowest BCUT2D eigenvalue weighted by atomic mass is 10.2. The Morgan fingerprint density at radius 1 is 1.00 bits per heavy atom. The molecule has 0 fully saturated rings. The summed E-state index contributed by atoms with van der Waals surface area (Å²) in [5, 5.41) is 2.98. The summed E-state index contributed by atoms with van der Waals surface area (Å²) in [5.41, 5.74) is 2.96. The maximum Gasteiger partial charge on any atom is 0.295 e. The van der Waals surface area contributed by atoms with Gasteiger partial charge in [0.05, 0.1) is 27.0 Å². The average molecular weight is 565 g/mol. The standard InChI is InChI=1S/C29H24N8O3S/c1-18-33-17-23(40-18)24-9-10-25(41-24)27(38)35-29-34-21-16-20(36(2)28(39)26-31-13-5-14-32-26)7-8-22(21)37(29)15-11-19-6-3-4-12-30-19/h3-10,12-14,16-17H,11,15H2,1-2H3,(H,34,35,38). The van der Waals surface area contributed by atoms with E-state index in [2.05, 4.69) is 25.3 Å². The third kappa shape index (κ3) is 5.45. The number of oxazole rings is 1. The minimum absolute atomic E-state index is 0.0970. The van der Waals surface area contributed by atoms with E-state index < -0.39 is 0 Å². The number of aromatic nitrogens is 6. The number of hydrogen-bond acceptors (Lipinski definition) is 9. The normalized spacial score (nSPS) is 11.1. The molecular formula is C29H24N8O3S. The van der Waals surface area contributed by atoms with Gasteiger partial charge in [-0.15, -0.1) is 11.3 Å². The van der Waals surface area contributed by atoms with Crippen LogP contribution in [0.5, 0.6) is 0 Å². The van der Waals surface area contributed by atoms with Crippen LogP contribution in [-0.4, -0.2) is 48.3 Å². The molecule has 6 rings (SSSR count). The third-order valence-corrected chi connectivity index (χ3v) is 7.52. The molecule has 0 spiro atoms. The number of fused-ring (bicyclic) bond motifs is 1. The van der Waals surface area contributed by atoms with Crippen molar-refractivity contribution in [1.82, 2.24) is 29.5 Å². The van der Waals surface area contributed by atoms with Crippen LogP contribution in [0.25, 0.3) is 21.7 Å². The van der Waals surface area contributed by atoms with Crippen LogP contribution in [0.2, 0.25) is 0 Å². The van der Waals surface area contributed by atoms with Crippen molar-refractivity contribution in [2.45, 2.75) is 19.9 Å². The molecule has 0 bridgehead atoms. The highest BCUT2D eigenvalue weighted by molar-refractivity contribution is 7.17. The van der Waals surface area contributed by atoms with Crippen LogP contribution in [0, 0.1) is 6.92 Å². The quantitative estimate of drug-likeness (QED) is 0.273. The van der Waals surface area contributed by atoms with Crippen LogP contribution in [0.1, 0.15) is 31.9 Å². The molecule has 5 heterocycles. The van der Waals surface area contributed by atoms with E-state index in [-0.39, 0.29) is 17.6 Å². The number of thiophene rings is 1. The molecular weight excluding hydrogens is 540 g/mol. The number of pyridine rings is 1. The Balaban J connectivity index is 1.31. The van der Waals surface area contributed by atoms with Gasteiger partial charge in [0.25, 0.3) is 11.8 Å². The number of amides is 2. The van der Waals surface area contributed by atoms with Gasteiger partial charge in [-0.05, 0) is 48.5 Å². The van der Waals surface area contributed by atoms with Gasteiger partial charge in [0.1, 0.15) is 0 Å². The second kappa shape index (κ2) is 11.1. The number of benzene rings is 1. The molecule has 12 heteroatoms. The molecule has 11 nitrogen and oxygen atoms in total. The number of aryl methyl sites for hydroxylation is 3. The summed E-state index contributed by atoms with van der Waals surface area (Å²) in [4.78, 5) is 50.4. The number of nitrogens with zero attached hydrogens (tertiary/aromatic N) is 7. The van der Waals surface area contributed by atoms with Gasteiger partial charge in [0.15, 0.2) is 11.7 Å². The Bertz CT molecular complexity index is 1850. The molecule has 0 saturated carbocycles. The van der Waals surface area contributed by atoms with Gasteiger partial charge in [-0.2, -0.15) is 0 Å². The van der Waals surface area contributed by atoms with Crippen LogP contribution < -0.4 is 10.2 Å². The smallest absolute Gasteiger partial charge is 0.295 e. The topological polar surface area (TPSA) is 132 Å². The van der Waals surface area contributed by atoms with E-state index >= 15 is 0 Å². The fourth-order valence-corrected chi connectivity index (χ4v) is 5.18. The number of imidazole rings is 1. The summed E-state index contributed by atoms with van der Waals surface area (Å²) in [7, 11) is 1.66. The molecule has 6 aromatic rings. The Morgan fingerprint density at radius 2 is 1.83 bits per heavy atom. The fraction of sp³-hybridized carbons (Fsp3) is 0.138. The van der Waals surface area contributed by atoms with Crippen molar-refractivity contribution in [3.05, 3.63) is 102 Å². The number of nitrogens with one attached hydrogen (secondary N) is 1. The molecule has 0 saturated heterocycles. The summed E-state index contributed by atoms with van der Waals surface area (Å²) in [6.45, 7) is 2.30. The predicted molar refractivity (Wildman–Crippen MR) is 155 cm³/mol. The summed E-state index contributed by atoms with van der Waals surface area (Å²) in [5.74, 6) is 1.03. The molecule has 0 aliphatic carbocycles. The SMILES string of the molecule is Cc1ncc(-c2ccc(C(=O)Nc3nc4cc(N(C)C(=O)c5ncccn5)ccc4n3CCc3ccccn3)s2)o1. The minimum atomic E-state index is -0.344. The number of rotatable bonds is 8. The molecule has 0 aliphatic heterocycles. The molecule has 0 unspecified atom stereocenters. The number of carbonyl (C=O) groups excluding carboxylic acids is 2. The van der Waals surface area contributed by atoms with Crippen molar-refractivity contribution >= 4 is 45.8 Å². The monoisotopic (exact) mass is 564 g/mol. The predicted octanol–water partition coefficient (Wildman–Crippen LogP) is 5.02. The van der Waals surface area contributed by atoms with Crippen molar-refractivity contribution in [2.24, 2.45) is 0 Å². The lowest BCUT2D eigenvalue weighted by molar-refractivity contribution is 0.0981. The van der Waals surface area contributed by atoms with E-state index in [0.717, 1.165) is 16.1 Å². The van der Waals surface area contributed by atoms with Crippen LogP contribution >= 0.6 is 11.3 Å². The lowest BCUT2D eigenvalue weighted by Gasteiger charge is -2.16. The fourth-order valence-electron chi connectivity index (χ4n) is 4.33. The molecule has 204 valence electrons. The van der Waals surface area contributed by atoms with Gasteiger partial charge in [-0.3, -0.25) is 19.9 Å². The first-order valence-corrected chi connectivity index (χ1v) is 13.6. The Kier molecular flexibility index (Phi) is 7.04. The second-order valence-electron chi connectivity index (χ2n) is 9.13. The molecule has 0 radical (unpaired) electrons. The van der Waals surface area contributed by atoms with Crippen molar-refractivity contribution < 1.29 is 14.0 Å². The first kappa shape index (κ1) is 26.0. The van der Waals surface area contributed by atoms with E-state index in [1.165, 1.54) is 28.6 Å². The van der Waals surface area contributed by atoms with Crippen molar-refractivity contribution in [3.8, 4) is 10.6 Å². The van der Waals surface area contributed by atoms with Crippen molar-refractivity contribution in [2.75, 3.05) is 17.3 Å². The van der Waals surface area contributed by atoms with E-state index in [1.54, 1.807) is 44.6 Å². The van der Waals surface area contributed by atoms with Gasteiger partial charge in [0, 0.05) is 56.9 Å². The van der Waals surface area contributed by atoms with Crippen LogP contribution in [0.4, 0.5) is 11.6 Å². The second-order valence-corrected chi connectivity index (χ2v) is 10.2.